The van der Waals surface area contributed by atoms with Crippen molar-refractivity contribution in [2.24, 2.45) is 5.73 Å². The number of benzene rings is 1. The molecule has 2 aromatic rings. The van der Waals surface area contributed by atoms with Gasteiger partial charge < -0.3 is 10.8 Å². The number of rotatable bonds is 3. The summed E-state index contributed by atoms with van der Waals surface area (Å²) in [6, 6.07) is 7.78. The molecule has 0 unspecified atom stereocenters. The lowest BCUT2D eigenvalue weighted by Gasteiger charge is -1.97. The average Bonchev–Trinajstić information content (AvgIpc) is 2.73. The van der Waals surface area contributed by atoms with Crippen molar-refractivity contribution in [3.63, 3.8) is 0 Å². The van der Waals surface area contributed by atoms with E-state index < -0.39 is 12.0 Å². The minimum atomic E-state index is -1.30. The number of urea groups is 1. The number of nitrogens with two attached hydrogens (primary N) is 1. The van der Waals surface area contributed by atoms with Crippen LogP contribution in [0.5, 0.6) is 0 Å². The smallest absolute Gasteiger partial charge is 0.360 e. The predicted molar refractivity (Wildman–Crippen MR) is 61.5 cm³/mol. The van der Waals surface area contributed by atoms with E-state index in [1.807, 2.05) is 0 Å². The SMILES string of the molecule is NC(=O)Nc1nn(-c2ccccc2)nc1C(=O)O. The summed E-state index contributed by atoms with van der Waals surface area (Å²) in [6.07, 6.45) is 0. The second-order valence-electron chi connectivity index (χ2n) is 3.32. The average molecular weight is 247 g/mol. The van der Waals surface area contributed by atoms with Crippen molar-refractivity contribution in [2.75, 3.05) is 5.32 Å². The molecule has 0 saturated carbocycles. The first-order valence-corrected chi connectivity index (χ1v) is 4.90. The fourth-order valence-electron chi connectivity index (χ4n) is 1.33. The van der Waals surface area contributed by atoms with E-state index in [0.717, 1.165) is 4.80 Å². The summed E-state index contributed by atoms with van der Waals surface area (Å²) < 4.78 is 0. The van der Waals surface area contributed by atoms with E-state index in [1.165, 1.54) is 0 Å². The molecule has 8 heteroatoms. The lowest BCUT2D eigenvalue weighted by atomic mass is 10.3. The van der Waals surface area contributed by atoms with Crippen molar-refractivity contribution >= 4 is 17.8 Å². The second kappa shape index (κ2) is 4.53. The van der Waals surface area contributed by atoms with Crippen LogP contribution in [0, 0.1) is 0 Å². The molecule has 4 N–H and O–H groups in total. The van der Waals surface area contributed by atoms with E-state index >= 15 is 0 Å². The minimum absolute atomic E-state index is 0.196. The third-order valence-corrected chi connectivity index (χ3v) is 2.05. The number of hydrogen-bond donors (Lipinski definition) is 3. The van der Waals surface area contributed by atoms with Gasteiger partial charge in [-0.1, -0.05) is 18.2 Å². The fourth-order valence-corrected chi connectivity index (χ4v) is 1.33. The van der Waals surface area contributed by atoms with Gasteiger partial charge in [0.15, 0.2) is 5.82 Å². The zero-order chi connectivity index (χ0) is 13.1. The number of carbonyl (C=O) groups excluding carboxylic acids is 1. The van der Waals surface area contributed by atoms with Gasteiger partial charge in [-0.3, -0.25) is 5.32 Å². The molecule has 92 valence electrons. The highest BCUT2D eigenvalue weighted by molar-refractivity contribution is 5.96. The molecule has 0 radical (unpaired) electrons. The molecular formula is C10H9N5O3. The first kappa shape index (κ1) is 11.6. The topological polar surface area (TPSA) is 123 Å². The summed E-state index contributed by atoms with van der Waals surface area (Å²) >= 11 is 0. The highest BCUT2D eigenvalue weighted by Gasteiger charge is 2.19. The van der Waals surface area contributed by atoms with Gasteiger partial charge in [0, 0.05) is 0 Å². The number of nitrogens with zero attached hydrogens (tertiary/aromatic N) is 3. The minimum Gasteiger partial charge on any atom is -0.476 e. The number of anilines is 1. The van der Waals surface area contributed by atoms with E-state index in [2.05, 4.69) is 15.5 Å². The van der Waals surface area contributed by atoms with Gasteiger partial charge in [-0.25, -0.2) is 9.59 Å². The summed E-state index contributed by atoms with van der Waals surface area (Å²) in [7, 11) is 0. The van der Waals surface area contributed by atoms with Crippen LogP contribution < -0.4 is 11.1 Å². The number of carboxylic acid groups (broad SMARTS) is 1. The number of hydrogen-bond acceptors (Lipinski definition) is 4. The van der Waals surface area contributed by atoms with Crippen molar-refractivity contribution in [3.8, 4) is 5.69 Å². The van der Waals surface area contributed by atoms with Gasteiger partial charge >= 0.3 is 12.0 Å². The molecule has 0 saturated heterocycles. The van der Waals surface area contributed by atoms with Crippen LogP contribution in [-0.2, 0) is 0 Å². The van der Waals surface area contributed by atoms with E-state index in [4.69, 9.17) is 10.8 Å². The zero-order valence-corrected chi connectivity index (χ0v) is 9.07. The Morgan fingerprint density at radius 2 is 1.89 bits per heavy atom. The van der Waals surface area contributed by atoms with Gasteiger partial charge in [0.1, 0.15) is 0 Å². The zero-order valence-electron chi connectivity index (χ0n) is 9.07. The lowest BCUT2D eigenvalue weighted by molar-refractivity contribution is 0.0691. The molecule has 0 aliphatic heterocycles. The first-order valence-electron chi connectivity index (χ1n) is 4.90. The molecule has 0 atom stereocenters. The van der Waals surface area contributed by atoms with Crippen molar-refractivity contribution in [3.05, 3.63) is 36.0 Å². The van der Waals surface area contributed by atoms with Gasteiger partial charge in [0.05, 0.1) is 5.69 Å². The molecule has 0 spiro atoms. The number of para-hydroxylation sites is 1. The Morgan fingerprint density at radius 3 is 2.44 bits per heavy atom. The Balaban J connectivity index is 2.45. The third-order valence-electron chi connectivity index (χ3n) is 2.05. The predicted octanol–water partition coefficient (Wildman–Crippen LogP) is 0.456. The van der Waals surface area contributed by atoms with Gasteiger partial charge in [0.2, 0.25) is 5.69 Å². The molecule has 2 rings (SSSR count). The third kappa shape index (κ3) is 2.26. The van der Waals surface area contributed by atoms with Crippen LogP contribution in [0.1, 0.15) is 10.5 Å². The second-order valence-corrected chi connectivity index (χ2v) is 3.32. The molecular weight excluding hydrogens is 238 g/mol. The maximum Gasteiger partial charge on any atom is 0.360 e. The Hall–Kier alpha value is -2.90. The summed E-state index contributed by atoms with van der Waals surface area (Å²) in [4.78, 5) is 22.8. The van der Waals surface area contributed by atoms with Crippen molar-refractivity contribution < 1.29 is 14.7 Å². The van der Waals surface area contributed by atoms with Gasteiger partial charge in [-0.15, -0.1) is 15.0 Å². The van der Waals surface area contributed by atoms with Crippen LogP contribution in [0.25, 0.3) is 5.69 Å². The molecule has 0 bridgehead atoms. The summed E-state index contributed by atoms with van der Waals surface area (Å²) in [5.41, 5.74) is 5.11. The van der Waals surface area contributed by atoms with E-state index in [1.54, 1.807) is 30.3 Å². The summed E-state index contributed by atoms with van der Waals surface area (Å²) in [6.45, 7) is 0. The number of aromatic carboxylic acids is 1. The Labute approximate surface area is 101 Å². The standard InChI is InChI=1S/C10H9N5O3/c11-10(18)12-8-7(9(16)17)13-15(14-8)6-4-2-1-3-5-6/h1-5H,(H,16,17)(H3,11,12,14,18). The summed E-state index contributed by atoms with van der Waals surface area (Å²) in [5, 5.41) is 18.7. The van der Waals surface area contributed by atoms with Crippen LogP contribution in [0.4, 0.5) is 10.6 Å². The highest BCUT2D eigenvalue weighted by atomic mass is 16.4. The van der Waals surface area contributed by atoms with Crippen molar-refractivity contribution in [2.45, 2.75) is 0 Å². The largest absolute Gasteiger partial charge is 0.476 e. The van der Waals surface area contributed by atoms with Gasteiger partial charge in [-0.2, -0.15) is 0 Å². The number of primary amides is 1. The normalized spacial score (nSPS) is 10.0. The highest BCUT2D eigenvalue weighted by Crippen LogP contribution is 2.12. The quantitative estimate of drug-likeness (QED) is 0.726. The van der Waals surface area contributed by atoms with Gasteiger partial charge in [-0.05, 0) is 12.1 Å². The van der Waals surface area contributed by atoms with E-state index in [9.17, 15) is 9.59 Å². The maximum absolute atomic E-state index is 10.9. The number of nitrogens with one attached hydrogen (secondary N) is 1. The van der Waals surface area contributed by atoms with Gasteiger partial charge in [0.25, 0.3) is 0 Å². The van der Waals surface area contributed by atoms with Crippen LogP contribution in [0.3, 0.4) is 0 Å². The molecule has 1 heterocycles. The number of carboxylic acids is 1. The molecule has 2 amide bonds. The molecule has 8 nitrogen and oxygen atoms in total. The Kier molecular flexibility index (Phi) is 2.92. The number of aromatic nitrogens is 3. The fraction of sp³-hybridized carbons (Fsp3) is 0. The van der Waals surface area contributed by atoms with Crippen molar-refractivity contribution in [1.82, 2.24) is 15.0 Å². The maximum atomic E-state index is 10.9. The molecule has 1 aromatic carbocycles. The van der Waals surface area contributed by atoms with Crippen LogP contribution in [0.15, 0.2) is 30.3 Å². The number of carbonyl (C=O) groups is 2. The molecule has 0 aliphatic rings. The monoisotopic (exact) mass is 247 g/mol. The molecule has 18 heavy (non-hydrogen) atoms. The Morgan fingerprint density at radius 1 is 1.22 bits per heavy atom. The molecule has 0 aliphatic carbocycles. The lowest BCUT2D eigenvalue weighted by Crippen LogP contribution is -2.21. The van der Waals surface area contributed by atoms with E-state index in [-0.39, 0.29) is 11.5 Å². The van der Waals surface area contributed by atoms with Crippen LogP contribution >= 0.6 is 0 Å². The van der Waals surface area contributed by atoms with Crippen LogP contribution in [0.2, 0.25) is 0 Å². The molecule has 0 fully saturated rings. The molecule has 1 aromatic heterocycles. The van der Waals surface area contributed by atoms with Crippen LogP contribution in [-0.4, -0.2) is 32.1 Å². The summed E-state index contributed by atoms with van der Waals surface area (Å²) in [5.74, 6) is -1.50. The van der Waals surface area contributed by atoms with Crippen molar-refractivity contribution in [1.29, 1.82) is 0 Å². The first-order chi connectivity index (χ1) is 8.58. The Bertz CT molecular complexity index is 593. The number of amides is 2. The van der Waals surface area contributed by atoms with E-state index in [0.29, 0.717) is 5.69 Å².